The minimum absolute atomic E-state index is 0.465. The molecule has 5 heteroatoms. The Balaban J connectivity index is 2.31. The van der Waals surface area contributed by atoms with Gasteiger partial charge in [0.1, 0.15) is 11.6 Å². The van der Waals surface area contributed by atoms with Crippen LogP contribution >= 0.6 is 0 Å². The fourth-order valence-electron chi connectivity index (χ4n) is 2.34. The third-order valence-electron chi connectivity index (χ3n) is 3.42. The zero-order valence-corrected chi connectivity index (χ0v) is 13.0. The van der Waals surface area contributed by atoms with Gasteiger partial charge in [-0.25, -0.2) is 9.97 Å². The van der Waals surface area contributed by atoms with Crippen molar-refractivity contribution in [1.82, 2.24) is 9.97 Å². The first-order valence-corrected chi connectivity index (χ1v) is 7.49. The van der Waals surface area contributed by atoms with Crippen molar-refractivity contribution in [3.63, 3.8) is 0 Å². The first kappa shape index (κ1) is 16.0. The number of aromatic nitrogens is 2. The molecule has 2 heterocycles. The van der Waals surface area contributed by atoms with E-state index in [-0.39, 0.29) is 0 Å². The van der Waals surface area contributed by atoms with E-state index in [9.17, 15) is 0 Å². The van der Waals surface area contributed by atoms with E-state index < -0.39 is 0 Å². The average molecular weight is 297 g/mol. The number of pyridine rings is 2. The van der Waals surface area contributed by atoms with Crippen molar-refractivity contribution in [2.45, 2.75) is 13.3 Å². The highest BCUT2D eigenvalue weighted by atomic mass is 15.2. The van der Waals surface area contributed by atoms with Crippen LogP contribution in [0.5, 0.6) is 0 Å². The molecule has 0 fully saturated rings. The van der Waals surface area contributed by atoms with Crippen LogP contribution in [0.1, 0.15) is 24.6 Å². The maximum Gasteiger partial charge on any atom is 0.131 e. The Kier molecular flexibility index (Phi) is 5.49. The highest BCUT2D eigenvalue weighted by Crippen LogP contribution is 2.25. The first-order valence-electron chi connectivity index (χ1n) is 7.49. The van der Waals surface area contributed by atoms with Crippen LogP contribution in [0, 0.1) is 0 Å². The smallest absolute Gasteiger partial charge is 0.131 e. The number of nitrogen functional groups attached to an aromatic ring is 1. The number of anilines is 2. The molecule has 4 N–H and O–H groups in total. The molecule has 0 saturated carbocycles. The second-order valence-electron chi connectivity index (χ2n) is 5.07. The summed E-state index contributed by atoms with van der Waals surface area (Å²) in [5.41, 5.74) is 14.0. The molecule has 2 aromatic heterocycles. The lowest BCUT2D eigenvalue weighted by molar-refractivity contribution is 0.750. The summed E-state index contributed by atoms with van der Waals surface area (Å²) in [5, 5.41) is 0. The second kappa shape index (κ2) is 7.56. The summed E-state index contributed by atoms with van der Waals surface area (Å²) in [6.45, 7) is 8.57. The summed E-state index contributed by atoms with van der Waals surface area (Å²) in [7, 11) is 0. The van der Waals surface area contributed by atoms with Gasteiger partial charge in [0.25, 0.3) is 0 Å². The van der Waals surface area contributed by atoms with Crippen molar-refractivity contribution in [1.29, 1.82) is 0 Å². The Morgan fingerprint density at radius 1 is 1.23 bits per heavy atom. The quantitative estimate of drug-likeness (QED) is 0.819. The molecule has 116 valence electrons. The Hall–Kier alpha value is -2.40. The van der Waals surface area contributed by atoms with Gasteiger partial charge in [0.2, 0.25) is 0 Å². The number of hydrogen-bond donors (Lipinski definition) is 2. The molecule has 0 spiro atoms. The second-order valence-corrected chi connectivity index (χ2v) is 5.07. The van der Waals surface area contributed by atoms with Gasteiger partial charge in [-0.15, -0.1) is 0 Å². The number of nitrogens with zero attached hydrogens (tertiary/aromatic N) is 3. The first-order chi connectivity index (χ1) is 10.7. The van der Waals surface area contributed by atoms with Gasteiger partial charge in [-0.1, -0.05) is 19.6 Å². The molecule has 2 aromatic rings. The lowest BCUT2D eigenvalue weighted by Crippen LogP contribution is -2.30. The molecule has 0 radical (unpaired) electrons. The topological polar surface area (TPSA) is 81.1 Å². The van der Waals surface area contributed by atoms with Crippen LogP contribution in [0.15, 0.2) is 43.1 Å². The van der Waals surface area contributed by atoms with E-state index in [1.807, 2.05) is 30.3 Å². The van der Waals surface area contributed by atoms with E-state index in [0.717, 1.165) is 42.2 Å². The maximum atomic E-state index is 5.93. The van der Waals surface area contributed by atoms with E-state index >= 15 is 0 Å². The average Bonchev–Trinajstić information content (AvgIpc) is 2.54. The molecule has 2 rings (SSSR count). The van der Waals surface area contributed by atoms with Gasteiger partial charge >= 0.3 is 0 Å². The predicted molar refractivity (Wildman–Crippen MR) is 92.6 cm³/mol. The van der Waals surface area contributed by atoms with E-state index in [1.165, 1.54) is 0 Å². The third-order valence-corrected chi connectivity index (χ3v) is 3.42. The zero-order chi connectivity index (χ0) is 15.9. The van der Waals surface area contributed by atoms with Crippen LogP contribution in [0.4, 0.5) is 11.6 Å². The summed E-state index contributed by atoms with van der Waals surface area (Å²) in [6, 6.07) is 9.66. The highest BCUT2D eigenvalue weighted by Gasteiger charge is 2.11. The van der Waals surface area contributed by atoms with Gasteiger partial charge in [0.15, 0.2) is 0 Å². The molecular weight excluding hydrogens is 274 g/mol. The predicted octanol–water partition coefficient (Wildman–Crippen LogP) is 2.30. The van der Waals surface area contributed by atoms with Crippen LogP contribution < -0.4 is 16.4 Å². The number of hydrogen-bond acceptors (Lipinski definition) is 5. The molecule has 0 bridgehead atoms. The van der Waals surface area contributed by atoms with Crippen LogP contribution in [-0.4, -0.2) is 29.6 Å². The lowest BCUT2D eigenvalue weighted by Gasteiger charge is -2.23. The Labute approximate surface area is 131 Å². The largest absolute Gasteiger partial charge is 0.383 e. The lowest BCUT2D eigenvalue weighted by atomic mass is 10.0. The highest BCUT2D eigenvalue weighted by molar-refractivity contribution is 5.81. The Bertz CT molecular complexity index is 632. The minimum Gasteiger partial charge on any atom is -0.383 e. The fourth-order valence-corrected chi connectivity index (χ4v) is 2.34. The molecule has 0 unspecified atom stereocenters. The number of nitrogens with two attached hydrogens (primary N) is 2. The molecule has 0 amide bonds. The van der Waals surface area contributed by atoms with Crippen LogP contribution in [0.25, 0.3) is 5.57 Å². The molecule has 0 aliphatic heterocycles. The molecule has 5 nitrogen and oxygen atoms in total. The normalized spacial score (nSPS) is 10.5. The van der Waals surface area contributed by atoms with Gasteiger partial charge < -0.3 is 16.4 Å². The number of rotatable bonds is 7. The van der Waals surface area contributed by atoms with Crippen molar-refractivity contribution in [2.24, 2.45) is 5.73 Å². The standard InChI is InChI=1S/C17H23N5/c1-3-11-22(12-9-18)16-8-4-7-15(21-16)13(2)14-6-5-10-20-17(14)19/h4-8,10H,2-3,9,11-12,18H2,1H3,(H2,19,20). The van der Waals surface area contributed by atoms with Gasteiger partial charge in [-0.05, 0) is 30.7 Å². The van der Waals surface area contributed by atoms with E-state index in [0.29, 0.717) is 12.4 Å². The van der Waals surface area contributed by atoms with Crippen LogP contribution in [0.3, 0.4) is 0 Å². The van der Waals surface area contributed by atoms with Crippen molar-refractivity contribution < 1.29 is 0 Å². The molecule has 0 atom stereocenters. The van der Waals surface area contributed by atoms with Gasteiger partial charge in [-0.2, -0.15) is 0 Å². The van der Waals surface area contributed by atoms with E-state index in [4.69, 9.17) is 16.5 Å². The Morgan fingerprint density at radius 2 is 2.05 bits per heavy atom. The summed E-state index contributed by atoms with van der Waals surface area (Å²) in [6.07, 6.45) is 2.71. The Morgan fingerprint density at radius 3 is 2.73 bits per heavy atom. The van der Waals surface area contributed by atoms with Crippen molar-refractivity contribution in [3.8, 4) is 0 Å². The molecule has 0 aliphatic rings. The monoisotopic (exact) mass is 297 g/mol. The molecule has 22 heavy (non-hydrogen) atoms. The summed E-state index contributed by atoms with van der Waals surface area (Å²) >= 11 is 0. The maximum absolute atomic E-state index is 5.93. The summed E-state index contributed by atoms with van der Waals surface area (Å²) in [5.74, 6) is 1.38. The third kappa shape index (κ3) is 3.62. The van der Waals surface area contributed by atoms with Gasteiger partial charge in [0, 0.05) is 37.0 Å². The van der Waals surface area contributed by atoms with E-state index in [1.54, 1.807) is 6.20 Å². The van der Waals surface area contributed by atoms with Gasteiger partial charge in [-0.3, -0.25) is 0 Å². The van der Waals surface area contributed by atoms with Crippen LogP contribution in [0.2, 0.25) is 0 Å². The zero-order valence-electron chi connectivity index (χ0n) is 13.0. The van der Waals surface area contributed by atoms with Crippen LogP contribution in [-0.2, 0) is 0 Å². The molecule has 0 saturated heterocycles. The molecular formula is C17H23N5. The minimum atomic E-state index is 0.465. The summed E-state index contributed by atoms with van der Waals surface area (Å²) < 4.78 is 0. The van der Waals surface area contributed by atoms with Gasteiger partial charge in [0.05, 0.1) is 5.69 Å². The fraction of sp³-hybridized carbons (Fsp3) is 0.294. The molecule has 0 aliphatic carbocycles. The summed E-state index contributed by atoms with van der Waals surface area (Å²) in [4.78, 5) is 11.0. The van der Waals surface area contributed by atoms with Crippen molar-refractivity contribution >= 4 is 17.2 Å². The SMILES string of the molecule is C=C(c1cccc(N(CCC)CCN)n1)c1cccnc1N. The van der Waals surface area contributed by atoms with Crippen molar-refractivity contribution in [2.75, 3.05) is 30.3 Å². The molecule has 0 aromatic carbocycles. The van der Waals surface area contributed by atoms with E-state index in [2.05, 4.69) is 23.4 Å². The van der Waals surface area contributed by atoms with Crippen molar-refractivity contribution in [3.05, 3.63) is 54.4 Å².